The van der Waals surface area contributed by atoms with E-state index in [4.69, 9.17) is 65.4 Å². The average Bonchev–Trinajstić information content (AvgIpc) is 3.01. The highest BCUT2D eigenvalue weighted by Gasteiger charge is 2.17. The number of allylic oxidation sites excluding steroid dienone is 3. The van der Waals surface area contributed by atoms with Crippen LogP contribution in [-0.2, 0) is 19.2 Å². The number of carbonyl (C=O) groups is 4. The van der Waals surface area contributed by atoms with Gasteiger partial charge in [0.25, 0.3) is 11.8 Å². The van der Waals surface area contributed by atoms with Gasteiger partial charge in [-0.2, -0.15) is 0 Å². The molecule has 12 nitrogen and oxygen atoms in total. The van der Waals surface area contributed by atoms with Crippen LogP contribution in [0.2, 0.25) is 0 Å². The maximum atomic E-state index is 12.4. The van der Waals surface area contributed by atoms with Gasteiger partial charge in [-0.05, 0) is 47.5 Å². The smallest absolute Gasteiger partial charge is 0.330 e. The van der Waals surface area contributed by atoms with Gasteiger partial charge in [0.15, 0.2) is 38.5 Å². The number of hydrogen-bond acceptors (Lipinski definition) is 10. The average molecular weight is 706 g/mol. The van der Waals surface area contributed by atoms with E-state index in [1.54, 1.807) is 18.2 Å². The third kappa shape index (κ3) is 13.3. The predicted molar refractivity (Wildman–Crippen MR) is 169 cm³/mol. The number of amides is 2. The molecule has 4 N–H and O–H groups in total. The van der Waals surface area contributed by atoms with Crippen LogP contribution in [0.5, 0.6) is 23.0 Å². The van der Waals surface area contributed by atoms with E-state index < -0.39 is 46.1 Å². The Morgan fingerprint density at radius 1 is 0.800 bits per heavy atom. The fourth-order valence-corrected chi connectivity index (χ4v) is 3.52. The number of ether oxygens (including phenoxy) is 4. The van der Waals surface area contributed by atoms with E-state index in [2.05, 4.69) is 10.6 Å². The molecule has 2 amide bonds. The van der Waals surface area contributed by atoms with Gasteiger partial charge in [-0.15, -0.1) is 0 Å². The number of aliphatic hydroxyl groups is 2. The quantitative estimate of drug-likeness (QED) is 0.0382. The molecule has 0 aromatic heterocycles. The Labute approximate surface area is 278 Å². The lowest BCUT2D eigenvalue weighted by Gasteiger charge is -2.17. The second kappa shape index (κ2) is 18.8. The number of ketones is 1. The molecule has 1 unspecified atom stereocenters. The largest absolute Gasteiger partial charge is 0.508 e. The third-order valence-electron chi connectivity index (χ3n) is 5.29. The molecular formula is C29H28Cl4N2O10. The second-order valence-electron chi connectivity index (χ2n) is 8.57. The number of rotatable bonds is 16. The van der Waals surface area contributed by atoms with Crippen LogP contribution < -0.4 is 29.6 Å². The number of carbonyl (C=O) groups excluding carboxylic acids is 4. The van der Waals surface area contributed by atoms with Gasteiger partial charge < -0.3 is 39.8 Å². The molecule has 16 heteroatoms. The number of halogens is 4. The lowest BCUT2D eigenvalue weighted by molar-refractivity contribution is -0.135. The van der Waals surface area contributed by atoms with Gasteiger partial charge in [-0.3, -0.25) is 14.4 Å². The van der Waals surface area contributed by atoms with Gasteiger partial charge in [0.05, 0.1) is 20.8 Å². The van der Waals surface area contributed by atoms with Crippen molar-refractivity contribution in [3.05, 3.63) is 71.5 Å². The van der Waals surface area contributed by atoms with Gasteiger partial charge in [0.2, 0.25) is 6.29 Å². The van der Waals surface area contributed by atoms with E-state index in [1.165, 1.54) is 56.7 Å². The minimum Gasteiger partial charge on any atom is -0.508 e. The molecule has 2 aromatic rings. The Morgan fingerprint density at radius 3 is 1.91 bits per heavy atom. The molecule has 1 atom stereocenters. The van der Waals surface area contributed by atoms with Crippen LogP contribution >= 0.6 is 46.4 Å². The topological polar surface area (TPSA) is 170 Å². The molecule has 0 aliphatic rings. The van der Waals surface area contributed by atoms with Crippen molar-refractivity contribution >= 4 is 82.1 Å². The number of aliphatic hydroxyl groups excluding tert-OH is 2. The first-order valence-electron chi connectivity index (χ1n) is 12.7. The van der Waals surface area contributed by atoms with Crippen LogP contribution in [0.1, 0.15) is 11.1 Å². The van der Waals surface area contributed by atoms with Crippen LogP contribution in [0.15, 0.2) is 60.4 Å². The standard InChI is InChI=1S/C29H28Cl4N2O10/c1-42-22-11-16(5-9-20(22)44-24(38)14-34-28(40)26(30)31)3-7-18(36)13-19(37)8-4-17-6-10-21(23(12-17)43-2)45-25(39)15-35-29(41)27(32)33/h3-13,24,26-27,37-38H,14-15H2,1-2H3,(H,34,40)(H,35,41)/b7-3+,8-4+,19-13-. The van der Waals surface area contributed by atoms with Crippen molar-refractivity contribution in [1.82, 2.24) is 10.6 Å². The van der Waals surface area contributed by atoms with Crippen molar-refractivity contribution in [1.29, 1.82) is 0 Å². The number of nitrogens with one attached hydrogen (secondary N) is 2. The summed E-state index contributed by atoms with van der Waals surface area (Å²) in [5, 5.41) is 24.7. The molecule has 2 rings (SSSR count). The zero-order chi connectivity index (χ0) is 33.5. The van der Waals surface area contributed by atoms with Gasteiger partial charge in [-0.1, -0.05) is 70.7 Å². The fraction of sp³-hybridized carbons (Fsp3) is 0.241. The molecule has 0 fully saturated rings. The summed E-state index contributed by atoms with van der Waals surface area (Å²) in [4.78, 5) is 44.5. The van der Waals surface area contributed by atoms with Crippen LogP contribution in [0.25, 0.3) is 12.2 Å². The zero-order valence-corrected chi connectivity index (χ0v) is 26.7. The highest BCUT2D eigenvalue weighted by Crippen LogP contribution is 2.30. The van der Waals surface area contributed by atoms with Crippen LogP contribution in [0, 0.1) is 0 Å². The van der Waals surface area contributed by atoms with Crippen LogP contribution in [0.4, 0.5) is 0 Å². The number of methoxy groups -OCH3 is 2. The molecule has 0 bridgehead atoms. The van der Waals surface area contributed by atoms with Crippen molar-refractivity contribution in [3.63, 3.8) is 0 Å². The van der Waals surface area contributed by atoms with Crippen LogP contribution in [-0.4, -0.2) is 77.1 Å². The first-order chi connectivity index (χ1) is 21.3. The monoisotopic (exact) mass is 704 g/mol. The molecular weight excluding hydrogens is 678 g/mol. The summed E-state index contributed by atoms with van der Waals surface area (Å²) in [6, 6.07) is 9.15. The number of hydrogen-bond donors (Lipinski definition) is 4. The number of esters is 1. The van der Waals surface area contributed by atoms with Crippen LogP contribution in [0.3, 0.4) is 0 Å². The van der Waals surface area contributed by atoms with E-state index in [0.29, 0.717) is 11.1 Å². The Hall–Kier alpha value is -3.94. The lowest BCUT2D eigenvalue weighted by atomic mass is 10.1. The molecule has 0 radical (unpaired) electrons. The Kier molecular flexibility index (Phi) is 15.5. The lowest BCUT2D eigenvalue weighted by Crippen LogP contribution is -2.37. The van der Waals surface area contributed by atoms with Crippen molar-refractivity contribution in [2.24, 2.45) is 0 Å². The fourth-order valence-electron chi connectivity index (χ4n) is 3.21. The molecule has 2 aromatic carbocycles. The first-order valence-corrected chi connectivity index (χ1v) is 14.4. The molecule has 0 saturated carbocycles. The Morgan fingerprint density at radius 2 is 1.33 bits per heavy atom. The maximum Gasteiger partial charge on any atom is 0.330 e. The summed E-state index contributed by atoms with van der Waals surface area (Å²) in [6.45, 7) is -0.744. The zero-order valence-electron chi connectivity index (χ0n) is 23.7. The van der Waals surface area contributed by atoms with Gasteiger partial charge in [0, 0.05) is 6.08 Å². The Balaban J connectivity index is 1.99. The van der Waals surface area contributed by atoms with E-state index in [-0.39, 0.29) is 35.3 Å². The number of benzene rings is 2. The predicted octanol–water partition coefficient (Wildman–Crippen LogP) is 3.88. The molecule has 0 aliphatic heterocycles. The normalized spacial score (nSPS) is 12.3. The summed E-state index contributed by atoms with van der Waals surface area (Å²) in [6.07, 6.45) is 5.03. The van der Waals surface area contributed by atoms with Crippen molar-refractivity contribution in [2.45, 2.75) is 16.0 Å². The van der Waals surface area contributed by atoms with Crippen molar-refractivity contribution in [2.75, 3.05) is 27.3 Å². The van der Waals surface area contributed by atoms with E-state index in [0.717, 1.165) is 6.08 Å². The molecule has 0 heterocycles. The Bertz CT molecular complexity index is 1460. The van der Waals surface area contributed by atoms with E-state index in [9.17, 15) is 29.4 Å². The van der Waals surface area contributed by atoms with E-state index >= 15 is 0 Å². The summed E-state index contributed by atoms with van der Waals surface area (Å²) >= 11 is 21.7. The molecule has 45 heavy (non-hydrogen) atoms. The first kappa shape index (κ1) is 37.2. The minimum absolute atomic E-state index is 0.0791. The number of alkyl halides is 4. The van der Waals surface area contributed by atoms with E-state index in [1.807, 2.05) is 0 Å². The van der Waals surface area contributed by atoms with Crippen molar-refractivity contribution in [3.8, 4) is 23.0 Å². The SMILES string of the molecule is COc1cc(/C=C/C(O)=C/C(=O)/C=C/c2ccc(OC(O)CNC(=O)C(Cl)Cl)c(OC)c2)ccc1OC(=O)CNC(=O)C(Cl)Cl. The molecule has 0 aliphatic carbocycles. The van der Waals surface area contributed by atoms with Crippen molar-refractivity contribution < 1.29 is 48.3 Å². The third-order valence-corrected chi connectivity index (χ3v) is 6.09. The highest BCUT2D eigenvalue weighted by atomic mass is 35.5. The summed E-state index contributed by atoms with van der Waals surface area (Å²) < 4.78 is 21.0. The minimum atomic E-state index is -1.42. The molecule has 242 valence electrons. The van der Waals surface area contributed by atoms with Gasteiger partial charge in [0.1, 0.15) is 12.3 Å². The maximum absolute atomic E-state index is 12.4. The van der Waals surface area contributed by atoms with Gasteiger partial charge in [-0.25, -0.2) is 4.79 Å². The molecule has 0 spiro atoms. The molecule has 0 saturated heterocycles. The highest BCUT2D eigenvalue weighted by molar-refractivity contribution is 6.54. The summed E-state index contributed by atoms with van der Waals surface area (Å²) in [5.41, 5.74) is 1.09. The summed E-state index contributed by atoms with van der Waals surface area (Å²) in [5.74, 6) is -2.42. The second-order valence-corrected chi connectivity index (χ2v) is 10.8. The van der Waals surface area contributed by atoms with Gasteiger partial charge >= 0.3 is 5.97 Å². The summed E-state index contributed by atoms with van der Waals surface area (Å²) in [7, 11) is 2.74.